The summed E-state index contributed by atoms with van der Waals surface area (Å²) in [5.41, 5.74) is 0. The second-order valence-electron chi connectivity index (χ2n) is 6.02. The summed E-state index contributed by atoms with van der Waals surface area (Å²) in [7, 11) is 1.47. The number of hydrogen-bond donors (Lipinski definition) is 0. The highest BCUT2D eigenvalue weighted by Gasteiger charge is 2.32. The molecule has 0 N–H and O–H groups in total. The number of benzene rings is 1. The van der Waals surface area contributed by atoms with Crippen LogP contribution in [0, 0.1) is 0 Å². The van der Waals surface area contributed by atoms with E-state index < -0.39 is 10.0 Å². The van der Waals surface area contributed by atoms with Crippen molar-refractivity contribution in [3.63, 3.8) is 0 Å². The Morgan fingerprint density at radius 1 is 1.12 bits per heavy atom. The SMILES string of the molecule is COc1ccc(S(=O)(=O)N2CCN([C@@H](C)C(=O)N(C)C)CC2)cc1. The highest BCUT2D eigenvalue weighted by atomic mass is 32.2. The zero-order chi connectivity index (χ0) is 17.9. The fourth-order valence-corrected chi connectivity index (χ4v) is 4.18. The van der Waals surface area contributed by atoms with Gasteiger partial charge in [0.25, 0.3) is 0 Å². The highest BCUT2D eigenvalue weighted by Crippen LogP contribution is 2.21. The number of nitrogens with zero attached hydrogens (tertiary/aromatic N) is 3. The molecule has 1 saturated heterocycles. The molecular weight excluding hydrogens is 330 g/mol. The van der Waals surface area contributed by atoms with Gasteiger partial charge in [0, 0.05) is 40.3 Å². The van der Waals surface area contributed by atoms with E-state index >= 15 is 0 Å². The standard InChI is InChI=1S/C16H25N3O4S/c1-13(16(20)17(2)3)18-9-11-19(12-10-18)24(21,22)15-7-5-14(23-4)6-8-15/h5-8,13H,9-12H2,1-4H3/t13-/m0/s1. The number of methoxy groups -OCH3 is 1. The van der Waals surface area contributed by atoms with Crippen molar-refractivity contribution >= 4 is 15.9 Å². The Labute approximate surface area is 143 Å². The highest BCUT2D eigenvalue weighted by molar-refractivity contribution is 7.89. The molecule has 0 bridgehead atoms. The molecule has 0 saturated carbocycles. The molecule has 2 rings (SSSR count). The maximum Gasteiger partial charge on any atom is 0.243 e. The van der Waals surface area contributed by atoms with Crippen molar-refractivity contribution in [1.82, 2.24) is 14.1 Å². The van der Waals surface area contributed by atoms with Crippen LogP contribution in [0.25, 0.3) is 0 Å². The first-order chi connectivity index (χ1) is 11.3. The topological polar surface area (TPSA) is 70.2 Å². The van der Waals surface area contributed by atoms with Crippen molar-refractivity contribution in [2.45, 2.75) is 17.9 Å². The largest absolute Gasteiger partial charge is 0.497 e. The predicted octanol–water partition coefficient (Wildman–Crippen LogP) is 0.478. The van der Waals surface area contributed by atoms with E-state index in [9.17, 15) is 13.2 Å². The zero-order valence-corrected chi connectivity index (χ0v) is 15.4. The molecule has 7 nitrogen and oxygen atoms in total. The summed E-state index contributed by atoms with van der Waals surface area (Å²) in [5, 5.41) is 0. The fourth-order valence-electron chi connectivity index (χ4n) is 2.76. The minimum atomic E-state index is -3.52. The summed E-state index contributed by atoms with van der Waals surface area (Å²) in [6.07, 6.45) is 0. The monoisotopic (exact) mass is 355 g/mol. The molecule has 1 fully saturated rings. The van der Waals surface area contributed by atoms with Gasteiger partial charge in [-0.3, -0.25) is 9.69 Å². The van der Waals surface area contributed by atoms with Gasteiger partial charge in [0.1, 0.15) is 5.75 Å². The van der Waals surface area contributed by atoms with Crippen LogP contribution in [0.3, 0.4) is 0 Å². The molecule has 8 heteroatoms. The quantitative estimate of drug-likeness (QED) is 0.768. The summed E-state index contributed by atoms with van der Waals surface area (Å²) >= 11 is 0. The zero-order valence-electron chi connectivity index (χ0n) is 14.6. The number of rotatable bonds is 5. The Balaban J connectivity index is 2.03. The maximum absolute atomic E-state index is 12.7. The molecule has 0 aromatic heterocycles. The molecule has 1 aliphatic rings. The number of ether oxygens (including phenoxy) is 1. The Morgan fingerprint density at radius 2 is 1.67 bits per heavy atom. The van der Waals surface area contributed by atoms with Gasteiger partial charge in [-0.15, -0.1) is 0 Å². The minimum Gasteiger partial charge on any atom is -0.497 e. The van der Waals surface area contributed by atoms with E-state index in [4.69, 9.17) is 4.74 Å². The van der Waals surface area contributed by atoms with E-state index in [-0.39, 0.29) is 16.8 Å². The Morgan fingerprint density at radius 3 is 2.12 bits per heavy atom. The van der Waals surface area contributed by atoms with E-state index in [0.717, 1.165) is 0 Å². The van der Waals surface area contributed by atoms with E-state index in [1.807, 2.05) is 11.8 Å². The first-order valence-electron chi connectivity index (χ1n) is 7.87. The smallest absolute Gasteiger partial charge is 0.243 e. The molecule has 1 heterocycles. The summed E-state index contributed by atoms with van der Waals surface area (Å²) < 4.78 is 31.9. The average Bonchev–Trinajstić information content (AvgIpc) is 2.60. The minimum absolute atomic E-state index is 0.0291. The molecule has 24 heavy (non-hydrogen) atoms. The first-order valence-corrected chi connectivity index (χ1v) is 9.31. The van der Waals surface area contributed by atoms with Crippen LogP contribution in [0.5, 0.6) is 5.75 Å². The van der Waals surface area contributed by atoms with Crippen LogP contribution < -0.4 is 4.74 Å². The number of amides is 1. The molecule has 134 valence electrons. The van der Waals surface area contributed by atoms with Crippen LogP contribution in [0.2, 0.25) is 0 Å². The van der Waals surface area contributed by atoms with Crippen LogP contribution in [-0.4, -0.2) is 81.9 Å². The van der Waals surface area contributed by atoms with Gasteiger partial charge < -0.3 is 9.64 Å². The van der Waals surface area contributed by atoms with Crippen LogP contribution in [0.4, 0.5) is 0 Å². The normalized spacial score (nSPS) is 18.2. The van der Waals surface area contributed by atoms with E-state index in [1.54, 1.807) is 50.4 Å². The van der Waals surface area contributed by atoms with Gasteiger partial charge in [-0.25, -0.2) is 8.42 Å². The first kappa shape index (κ1) is 18.7. The number of sulfonamides is 1. The van der Waals surface area contributed by atoms with Crippen LogP contribution in [-0.2, 0) is 14.8 Å². The van der Waals surface area contributed by atoms with Crippen LogP contribution in [0.15, 0.2) is 29.2 Å². The lowest BCUT2D eigenvalue weighted by Crippen LogP contribution is -2.54. The second kappa shape index (κ2) is 7.50. The van der Waals surface area contributed by atoms with Crippen molar-refractivity contribution in [2.24, 2.45) is 0 Å². The molecule has 0 spiro atoms. The van der Waals surface area contributed by atoms with Gasteiger partial charge in [-0.2, -0.15) is 4.31 Å². The third-order valence-electron chi connectivity index (χ3n) is 4.32. The van der Waals surface area contributed by atoms with Gasteiger partial charge in [-0.05, 0) is 31.2 Å². The Bertz CT molecular complexity index is 665. The molecule has 1 aromatic carbocycles. The lowest BCUT2D eigenvalue weighted by atomic mass is 10.2. The van der Waals surface area contributed by atoms with Gasteiger partial charge in [-0.1, -0.05) is 0 Å². The predicted molar refractivity (Wildman–Crippen MR) is 91.5 cm³/mol. The number of carbonyl (C=O) groups is 1. The van der Waals surface area contributed by atoms with Gasteiger partial charge >= 0.3 is 0 Å². The van der Waals surface area contributed by atoms with Gasteiger partial charge in [0.05, 0.1) is 18.0 Å². The number of hydrogen-bond acceptors (Lipinski definition) is 5. The average molecular weight is 355 g/mol. The van der Waals surface area contributed by atoms with E-state index in [0.29, 0.717) is 31.9 Å². The van der Waals surface area contributed by atoms with E-state index in [2.05, 4.69) is 0 Å². The summed E-state index contributed by atoms with van der Waals surface area (Å²) in [5.74, 6) is 0.649. The maximum atomic E-state index is 12.7. The molecular formula is C16H25N3O4S. The molecule has 1 aliphatic heterocycles. The lowest BCUT2D eigenvalue weighted by molar-refractivity contribution is -0.134. The van der Waals surface area contributed by atoms with Gasteiger partial charge in [0.2, 0.25) is 15.9 Å². The fraction of sp³-hybridized carbons (Fsp3) is 0.562. The van der Waals surface area contributed by atoms with E-state index in [1.165, 1.54) is 4.31 Å². The summed E-state index contributed by atoms with van der Waals surface area (Å²) in [4.78, 5) is 15.9. The third-order valence-corrected chi connectivity index (χ3v) is 6.23. The van der Waals surface area contributed by atoms with Crippen molar-refractivity contribution < 1.29 is 17.9 Å². The Hall–Kier alpha value is -1.64. The van der Waals surface area contributed by atoms with Crippen molar-refractivity contribution in [1.29, 1.82) is 0 Å². The van der Waals surface area contributed by atoms with Crippen molar-refractivity contribution in [3.05, 3.63) is 24.3 Å². The van der Waals surface area contributed by atoms with Crippen LogP contribution in [0.1, 0.15) is 6.92 Å². The molecule has 1 aromatic rings. The number of carbonyl (C=O) groups excluding carboxylic acids is 1. The molecule has 0 radical (unpaired) electrons. The van der Waals surface area contributed by atoms with Gasteiger partial charge in [0.15, 0.2) is 0 Å². The van der Waals surface area contributed by atoms with Crippen LogP contribution >= 0.6 is 0 Å². The summed E-state index contributed by atoms with van der Waals surface area (Å²) in [6, 6.07) is 6.14. The lowest BCUT2D eigenvalue weighted by Gasteiger charge is -2.37. The molecule has 0 unspecified atom stereocenters. The summed E-state index contributed by atoms with van der Waals surface area (Å²) in [6.45, 7) is 3.68. The number of likely N-dealkylation sites (N-methyl/N-ethyl adjacent to an activating group) is 1. The molecule has 0 aliphatic carbocycles. The van der Waals surface area contributed by atoms with Crippen molar-refractivity contribution in [2.75, 3.05) is 47.4 Å². The Kier molecular flexibility index (Phi) is 5.84. The second-order valence-corrected chi connectivity index (χ2v) is 7.96. The third kappa shape index (κ3) is 3.88. The molecule has 1 atom stereocenters. The number of piperazine rings is 1. The van der Waals surface area contributed by atoms with Crippen molar-refractivity contribution in [3.8, 4) is 5.75 Å². The molecule has 1 amide bonds.